The Morgan fingerprint density at radius 1 is 0.812 bits per heavy atom. The van der Waals surface area contributed by atoms with Crippen LogP contribution in [0.25, 0.3) is 0 Å². The fourth-order valence-electron chi connectivity index (χ4n) is 2.93. The van der Waals surface area contributed by atoms with Gasteiger partial charge in [0.05, 0.1) is 27.6 Å². The van der Waals surface area contributed by atoms with Crippen molar-refractivity contribution in [1.29, 1.82) is 0 Å². The van der Waals surface area contributed by atoms with Gasteiger partial charge in [-0.2, -0.15) is 0 Å². The Morgan fingerprint density at radius 2 is 1.28 bits per heavy atom. The van der Waals surface area contributed by atoms with Crippen LogP contribution in [0.3, 0.4) is 0 Å². The van der Waals surface area contributed by atoms with E-state index in [0.29, 0.717) is 23.9 Å². The molecule has 0 unspecified atom stereocenters. The highest BCUT2D eigenvalue weighted by molar-refractivity contribution is 5.71. The summed E-state index contributed by atoms with van der Waals surface area (Å²) in [5.74, 6) is -1.27. The number of carboxylic acid groups (broad SMARTS) is 1. The van der Waals surface area contributed by atoms with Gasteiger partial charge in [-0.15, -0.1) is 0 Å². The van der Waals surface area contributed by atoms with Crippen LogP contribution in [-0.4, -0.2) is 55.3 Å². The summed E-state index contributed by atoms with van der Waals surface area (Å²) in [4.78, 5) is 23.0. The van der Waals surface area contributed by atoms with E-state index in [-0.39, 0.29) is 12.4 Å². The molecule has 5 nitrogen and oxygen atoms in total. The highest BCUT2D eigenvalue weighted by Gasteiger charge is 2.24. The van der Waals surface area contributed by atoms with Gasteiger partial charge in [-0.1, -0.05) is 67.7 Å². The number of carboxylic acids is 1. The first-order valence-corrected chi connectivity index (χ1v) is 11.7. The van der Waals surface area contributed by atoms with Crippen molar-refractivity contribution in [3.8, 4) is 0 Å². The molecule has 0 aromatic heterocycles. The Labute approximate surface area is 195 Å². The molecule has 5 heteroatoms. The average Bonchev–Trinajstić information content (AvgIpc) is 2.68. The highest BCUT2D eigenvalue weighted by atomic mass is 16.5. The lowest BCUT2D eigenvalue weighted by molar-refractivity contribution is -0.873. The van der Waals surface area contributed by atoms with Crippen molar-refractivity contribution in [2.24, 2.45) is 0 Å². The number of rotatable bonds is 18. The van der Waals surface area contributed by atoms with E-state index >= 15 is 0 Å². The summed E-state index contributed by atoms with van der Waals surface area (Å²) in [5.41, 5.74) is 0. The van der Waals surface area contributed by atoms with Crippen molar-refractivity contribution in [3.63, 3.8) is 0 Å². The van der Waals surface area contributed by atoms with Gasteiger partial charge in [-0.3, -0.25) is 9.59 Å². The predicted molar refractivity (Wildman–Crippen MR) is 133 cm³/mol. The number of nitrogens with zero attached hydrogens (tertiary/aromatic N) is 1. The summed E-state index contributed by atoms with van der Waals surface area (Å²) < 4.78 is 5.93. The third-order valence-electron chi connectivity index (χ3n) is 4.36. The van der Waals surface area contributed by atoms with Crippen LogP contribution in [0.15, 0.2) is 60.8 Å². The molecule has 180 valence electrons. The lowest BCUT2D eigenvalue weighted by Crippen LogP contribution is -2.43. The first-order chi connectivity index (χ1) is 15.2. The molecule has 0 amide bonds. The molecule has 1 N–H and O–H groups in total. The smallest absolute Gasteiger partial charge is 0.307 e. The van der Waals surface area contributed by atoms with Gasteiger partial charge in [-0.05, 0) is 44.9 Å². The minimum Gasteiger partial charge on any atom is -0.481 e. The zero-order chi connectivity index (χ0) is 24.1. The molecule has 0 aromatic rings. The van der Waals surface area contributed by atoms with Crippen molar-refractivity contribution >= 4 is 11.9 Å². The number of ether oxygens (including phenoxy) is 1. The zero-order valence-corrected chi connectivity index (χ0v) is 20.5. The minimum atomic E-state index is -0.949. The lowest BCUT2D eigenvalue weighted by atomic mass is 10.2. The number of unbranched alkanes of at least 4 members (excludes halogenated alkanes) is 1. The van der Waals surface area contributed by atoms with E-state index in [1.165, 1.54) is 0 Å². The molecule has 0 saturated heterocycles. The van der Waals surface area contributed by atoms with Crippen LogP contribution in [0.2, 0.25) is 0 Å². The minimum absolute atomic E-state index is 0.157. The van der Waals surface area contributed by atoms with E-state index in [9.17, 15) is 9.59 Å². The fraction of sp³-hybridized carbons (Fsp3) is 0.556. The average molecular weight is 447 g/mol. The van der Waals surface area contributed by atoms with Gasteiger partial charge in [0.2, 0.25) is 0 Å². The molecular formula is C27H44NO4+. The molecule has 1 atom stereocenters. The van der Waals surface area contributed by atoms with E-state index in [2.05, 4.69) is 67.7 Å². The number of carbonyl (C=O) groups excluding carboxylic acids is 1. The Bertz CT molecular complexity index is 651. The largest absolute Gasteiger partial charge is 0.481 e. The van der Waals surface area contributed by atoms with Gasteiger partial charge in [0.15, 0.2) is 6.10 Å². The topological polar surface area (TPSA) is 63.6 Å². The third kappa shape index (κ3) is 22.3. The number of hydrogen-bond acceptors (Lipinski definition) is 3. The second kappa shape index (κ2) is 19.3. The Hall–Kier alpha value is -2.40. The molecule has 0 aliphatic carbocycles. The van der Waals surface area contributed by atoms with Crippen LogP contribution in [0, 0.1) is 0 Å². The number of allylic oxidation sites excluding steroid dienone is 10. The summed E-state index contributed by atoms with van der Waals surface area (Å²) in [6.45, 7) is 2.62. The van der Waals surface area contributed by atoms with Crippen LogP contribution >= 0.6 is 0 Å². The Morgan fingerprint density at radius 3 is 1.72 bits per heavy atom. The Balaban J connectivity index is 3.89. The van der Waals surface area contributed by atoms with Gasteiger partial charge >= 0.3 is 11.9 Å². The van der Waals surface area contributed by atoms with Crippen molar-refractivity contribution in [1.82, 2.24) is 0 Å². The molecule has 0 aliphatic rings. The number of hydrogen-bond donors (Lipinski definition) is 1. The van der Waals surface area contributed by atoms with E-state index in [0.717, 1.165) is 38.5 Å². The van der Waals surface area contributed by atoms with Crippen LogP contribution < -0.4 is 0 Å². The monoisotopic (exact) mass is 446 g/mol. The SMILES string of the molecule is CC/C=C\C/C=C\C/C=C\C/C=C\C/C=C\CCCC(=O)O[C@H](CC(=O)O)C[N+](C)(C)C. The lowest BCUT2D eigenvalue weighted by Gasteiger charge is -2.28. The van der Waals surface area contributed by atoms with Gasteiger partial charge in [0, 0.05) is 6.42 Å². The van der Waals surface area contributed by atoms with E-state index < -0.39 is 12.1 Å². The van der Waals surface area contributed by atoms with Gasteiger partial charge in [0.1, 0.15) is 6.54 Å². The van der Waals surface area contributed by atoms with Crippen LogP contribution in [0.1, 0.15) is 64.7 Å². The highest BCUT2D eigenvalue weighted by Crippen LogP contribution is 2.08. The summed E-state index contributed by atoms with van der Waals surface area (Å²) in [7, 11) is 5.85. The molecule has 0 heterocycles. The summed E-state index contributed by atoms with van der Waals surface area (Å²) >= 11 is 0. The van der Waals surface area contributed by atoms with Crippen molar-refractivity contribution in [2.45, 2.75) is 70.8 Å². The zero-order valence-electron chi connectivity index (χ0n) is 20.5. The molecule has 0 aromatic carbocycles. The fourth-order valence-corrected chi connectivity index (χ4v) is 2.93. The van der Waals surface area contributed by atoms with Gasteiger partial charge in [0.25, 0.3) is 0 Å². The molecule has 0 aliphatic heterocycles. The van der Waals surface area contributed by atoms with Crippen molar-refractivity contribution in [3.05, 3.63) is 60.8 Å². The maximum Gasteiger partial charge on any atom is 0.307 e. The second-order valence-corrected chi connectivity index (χ2v) is 8.78. The number of esters is 1. The molecule has 0 fully saturated rings. The van der Waals surface area contributed by atoms with Gasteiger partial charge in [-0.25, -0.2) is 0 Å². The normalized spacial score (nSPS) is 13.9. The quantitative estimate of drug-likeness (QED) is 0.121. The molecular weight excluding hydrogens is 402 g/mol. The second-order valence-electron chi connectivity index (χ2n) is 8.78. The number of carbonyl (C=O) groups is 2. The van der Waals surface area contributed by atoms with Crippen molar-refractivity contribution < 1.29 is 23.9 Å². The van der Waals surface area contributed by atoms with Crippen LogP contribution in [-0.2, 0) is 14.3 Å². The molecule has 0 rings (SSSR count). The van der Waals surface area contributed by atoms with Crippen molar-refractivity contribution in [2.75, 3.05) is 27.7 Å². The van der Waals surface area contributed by atoms with Crippen LogP contribution in [0.5, 0.6) is 0 Å². The summed E-state index contributed by atoms with van der Waals surface area (Å²) in [6.07, 6.45) is 27.5. The molecule has 0 spiro atoms. The summed E-state index contributed by atoms with van der Waals surface area (Å²) in [5, 5.41) is 9.00. The third-order valence-corrected chi connectivity index (χ3v) is 4.36. The van der Waals surface area contributed by atoms with E-state index in [4.69, 9.17) is 9.84 Å². The molecule has 32 heavy (non-hydrogen) atoms. The standard InChI is InChI=1S/C27H43NO4/c1-5-6-7-8-9-10-11-12-13-14-15-16-17-18-19-20-21-22-27(31)32-25(23-26(29)30)24-28(2,3)4/h6-7,9-10,12-13,15-16,18-19,25H,5,8,11,14,17,20-24H2,1-4H3/p+1/b7-6-,10-9-,13-12-,16-15-,19-18-/t25-/m1/s1. The van der Waals surface area contributed by atoms with E-state index in [1.54, 1.807) is 0 Å². The summed E-state index contributed by atoms with van der Waals surface area (Å²) in [6, 6.07) is 0. The maximum atomic E-state index is 12.0. The first kappa shape index (κ1) is 29.6. The Kier molecular flexibility index (Phi) is 17.9. The first-order valence-electron chi connectivity index (χ1n) is 11.7. The van der Waals surface area contributed by atoms with E-state index in [1.807, 2.05) is 21.1 Å². The predicted octanol–water partition coefficient (Wildman–Crippen LogP) is 6.00. The maximum absolute atomic E-state index is 12.0. The molecule has 0 saturated carbocycles. The van der Waals surface area contributed by atoms with Gasteiger partial charge < -0.3 is 14.3 Å². The number of aliphatic carboxylic acids is 1. The van der Waals surface area contributed by atoms with Crippen LogP contribution in [0.4, 0.5) is 0 Å². The molecule has 0 bridgehead atoms. The molecule has 0 radical (unpaired) electrons. The number of likely N-dealkylation sites (N-methyl/N-ethyl adjacent to an activating group) is 1. The number of quaternary nitrogens is 1.